The molecule has 3 nitrogen and oxygen atoms in total. The van der Waals surface area contributed by atoms with Crippen molar-refractivity contribution in [1.29, 1.82) is 0 Å². The fourth-order valence-electron chi connectivity index (χ4n) is 2.87. The van der Waals surface area contributed by atoms with Crippen LogP contribution >= 0.6 is 0 Å². The van der Waals surface area contributed by atoms with Gasteiger partial charge in [-0.15, -0.1) is 0 Å². The third-order valence-corrected chi connectivity index (χ3v) is 3.91. The van der Waals surface area contributed by atoms with Crippen LogP contribution in [0.4, 0.5) is 0 Å². The Labute approximate surface area is 92.8 Å². The third kappa shape index (κ3) is 3.16. The minimum absolute atomic E-state index is 0.125. The molecule has 0 radical (unpaired) electrons. The van der Waals surface area contributed by atoms with Crippen LogP contribution < -0.4 is 5.32 Å². The third-order valence-electron chi connectivity index (χ3n) is 3.91. The van der Waals surface area contributed by atoms with E-state index in [2.05, 4.69) is 10.2 Å². The van der Waals surface area contributed by atoms with Gasteiger partial charge in [-0.25, -0.2) is 0 Å². The lowest BCUT2D eigenvalue weighted by Gasteiger charge is -2.27. The van der Waals surface area contributed by atoms with E-state index < -0.39 is 0 Å². The van der Waals surface area contributed by atoms with Crippen LogP contribution in [0, 0.1) is 11.8 Å². The standard InChI is InChI=1S/C12H24N2O/c1-10(15)12-4-6-14(9-12)8-11-3-2-5-13-7-11/h10-13,15H,2-9H2,1H3. The Bertz CT molecular complexity index is 190. The summed E-state index contributed by atoms with van der Waals surface area (Å²) in [4.78, 5) is 2.54. The molecule has 0 aromatic carbocycles. The molecule has 15 heavy (non-hydrogen) atoms. The smallest absolute Gasteiger partial charge is 0.0552 e. The zero-order valence-electron chi connectivity index (χ0n) is 9.78. The summed E-state index contributed by atoms with van der Waals surface area (Å²) in [5, 5.41) is 13.0. The van der Waals surface area contributed by atoms with E-state index in [4.69, 9.17) is 0 Å². The van der Waals surface area contributed by atoms with Gasteiger partial charge in [0.1, 0.15) is 0 Å². The number of hydrogen-bond acceptors (Lipinski definition) is 3. The first kappa shape index (κ1) is 11.4. The first-order valence-electron chi connectivity index (χ1n) is 6.37. The van der Waals surface area contributed by atoms with Gasteiger partial charge in [-0.2, -0.15) is 0 Å². The van der Waals surface area contributed by atoms with Crippen molar-refractivity contribution >= 4 is 0 Å². The number of aliphatic hydroxyl groups excluding tert-OH is 1. The zero-order valence-corrected chi connectivity index (χ0v) is 9.78. The Kier molecular flexibility index (Phi) is 4.00. The summed E-state index contributed by atoms with van der Waals surface area (Å²) in [6, 6.07) is 0. The molecule has 0 bridgehead atoms. The molecular formula is C12H24N2O. The van der Waals surface area contributed by atoms with E-state index in [0.717, 1.165) is 12.5 Å². The summed E-state index contributed by atoms with van der Waals surface area (Å²) >= 11 is 0. The molecule has 0 aliphatic carbocycles. The molecule has 0 saturated carbocycles. The lowest BCUT2D eigenvalue weighted by molar-refractivity contribution is 0.125. The van der Waals surface area contributed by atoms with Crippen molar-refractivity contribution in [2.24, 2.45) is 11.8 Å². The quantitative estimate of drug-likeness (QED) is 0.722. The number of hydrogen-bond donors (Lipinski definition) is 2. The van der Waals surface area contributed by atoms with Crippen LogP contribution in [0.25, 0.3) is 0 Å². The second-order valence-electron chi connectivity index (χ2n) is 5.26. The number of aliphatic hydroxyl groups is 1. The van der Waals surface area contributed by atoms with E-state index in [0.29, 0.717) is 5.92 Å². The molecule has 2 rings (SSSR count). The number of likely N-dealkylation sites (tertiary alicyclic amines) is 1. The molecule has 0 aromatic heterocycles. The maximum Gasteiger partial charge on any atom is 0.0552 e. The van der Waals surface area contributed by atoms with Crippen molar-refractivity contribution in [3.8, 4) is 0 Å². The number of nitrogens with one attached hydrogen (secondary N) is 1. The Hall–Kier alpha value is -0.120. The molecule has 88 valence electrons. The molecule has 3 heteroatoms. The fourth-order valence-corrected chi connectivity index (χ4v) is 2.87. The van der Waals surface area contributed by atoms with Crippen molar-refractivity contribution in [2.45, 2.75) is 32.3 Å². The molecule has 3 atom stereocenters. The maximum atomic E-state index is 9.54. The Morgan fingerprint density at radius 1 is 1.47 bits per heavy atom. The molecule has 2 fully saturated rings. The average molecular weight is 212 g/mol. The Morgan fingerprint density at radius 3 is 2.93 bits per heavy atom. The molecule has 0 spiro atoms. The maximum absolute atomic E-state index is 9.54. The summed E-state index contributed by atoms with van der Waals surface area (Å²) in [5.74, 6) is 1.35. The molecule has 2 N–H and O–H groups in total. The number of rotatable bonds is 3. The predicted octanol–water partition coefficient (Wildman–Crippen LogP) is 0.689. The van der Waals surface area contributed by atoms with E-state index in [-0.39, 0.29) is 6.10 Å². The minimum Gasteiger partial charge on any atom is -0.393 e. The largest absolute Gasteiger partial charge is 0.393 e. The number of nitrogens with zero attached hydrogens (tertiary/aromatic N) is 1. The highest BCUT2D eigenvalue weighted by atomic mass is 16.3. The van der Waals surface area contributed by atoms with Crippen LogP contribution in [0.1, 0.15) is 26.2 Å². The van der Waals surface area contributed by atoms with Crippen LogP contribution in [0.2, 0.25) is 0 Å². The SMILES string of the molecule is CC(O)C1CCN(CC2CCCNC2)C1. The van der Waals surface area contributed by atoms with Crippen molar-refractivity contribution < 1.29 is 5.11 Å². The lowest BCUT2D eigenvalue weighted by Crippen LogP contribution is -2.37. The Morgan fingerprint density at radius 2 is 2.33 bits per heavy atom. The summed E-state index contributed by atoms with van der Waals surface area (Å²) in [6.45, 7) is 7.84. The Balaban J connectivity index is 1.71. The first-order chi connectivity index (χ1) is 7.25. The van der Waals surface area contributed by atoms with Gasteiger partial charge in [0.15, 0.2) is 0 Å². The second kappa shape index (κ2) is 5.28. The van der Waals surface area contributed by atoms with Gasteiger partial charge in [-0.1, -0.05) is 0 Å². The first-order valence-corrected chi connectivity index (χ1v) is 6.37. The summed E-state index contributed by atoms with van der Waals surface area (Å²) in [6.07, 6.45) is 3.76. The highest BCUT2D eigenvalue weighted by Gasteiger charge is 2.27. The lowest BCUT2D eigenvalue weighted by atomic mass is 9.99. The van der Waals surface area contributed by atoms with Crippen molar-refractivity contribution in [3.63, 3.8) is 0 Å². The van der Waals surface area contributed by atoms with E-state index >= 15 is 0 Å². The van der Waals surface area contributed by atoms with Crippen molar-refractivity contribution in [1.82, 2.24) is 10.2 Å². The van der Waals surface area contributed by atoms with Gasteiger partial charge in [-0.05, 0) is 57.7 Å². The average Bonchev–Trinajstić information content (AvgIpc) is 2.68. The molecular weight excluding hydrogens is 188 g/mol. The summed E-state index contributed by atoms with van der Waals surface area (Å²) in [5.41, 5.74) is 0. The van der Waals surface area contributed by atoms with Gasteiger partial charge in [0.25, 0.3) is 0 Å². The van der Waals surface area contributed by atoms with E-state index in [1.807, 2.05) is 6.92 Å². The van der Waals surface area contributed by atoms with Crippen LogP contribution in [-0.4, -0.2) is 48.8 Å². The van der Waals surface area contributed by atoms with Gasteiger partial charge in [0, 0.05) is 13.1 Å². The van der Waals surface area contributed by atoms with Crippen LogP contribution in [0.3, 0.4) is 0 Å². The normalized spacial score (nSPS) is 35.6. The predicted molar refractivity (Wildman–Crippen MR) is 61.8 cm³/mol. The van der Waals surface area contributed by atoms with Crippen LogP contribution in [0.15, 0.2) is 0 Å². The molecule has 2 aliphatic heterocycles. The highest BCUT2D eigenvalue weighted by Crippen LogP contribution is 2.22. The monoisotopic (exact) mass is 212 g/mol. The van der Waals surface area contributed by atoms with Crippen LogP contribution in [0.5, 0.6) is 0 Å². The number of piperidine rings is 1. The molecule has 3 unspecified atom stereocenters. The van der Waals surface area contributed by atoms with Crippen molar-refractivity contribution in [2.75, 3.05) is 32.7 Å². The topological polar surface area (TPSA) is 35.5 Å². The van der Waals surface area contributed by atoms with E-state index in [9.17, 15) is 5.11 Å². The van der Waals surface area contributed by atoms with Gasteiger partial charge < -0.3 is 15.3 Å². The van der Waals surface area contributed by atoms with Gasteiger partial charge in [-0.3, -0.25) is 0 Å². The fraction of sp³-hybridized carbons (Fsp3) is 1.00. The van der Waals surface area contributed by atoms with Crippen molar-refractivity contribution in [3.05, 3.63) is 0 Å². The molecule has 0 amide bonds. The molecule has 2 aliphatic rings. The highest BCUT2D eigenvalue weighted by molar-refractivity contribution is 4.81. The minimum atomic E-state index is -0.125. The molecule has 2 saturated heterocycles. The zero-order chi connectivity index (χ0) is 10.7. The van der Waals surface area contributed by atoms with Gasteiger partial charge in [0.2, 0.25) is 0 Å². The van der Waals surface area contributed by atoms with E-state index in [1.54, 1.807) is 0 Å². The second-order valence-corrected chi connectivity index (χ2v) is 5.26. The summed E-state index contributed by atoms with van der Waals surface area (Å²) in [7, 11) is 0. The summed E-state index contributed by atoms with van der Waals surface area (Å²) < 4.78 is 0. The van der Waals surface area contributed by atoms with Crippen LogP contribution in [-0.2, 0) is 0 Å². The van der Waals surface area contributed by atoms with Gasteiger partial charge >= 0.3 is 0 Å². The molecule has 0 aromatic rings. The molecule has 2 heterocycles. The van der Waals surface area contributed by atoms with E-state index in [1.165, 1.54) is 45.4 Å². The van der Waals surface area contributed by atoms with Gasteiger partial charge in [0.05, 0.1) is 6.10 Å².